The third kappa shape index (κ3) is 4.35. The highest BCUT2D eigenvalue weighted by Gasteiger charge is 2.48. The van der Waals surface area contributed by atoms with Crippen LogP contribution in [0.5, 0.6) is 0 Å². The van der Waals surface area contributed by atoms with Crippen LogP contribution < -0.4 is 0 Å². The second-order valence-corrected chi connectivity index (χ2v) is 20.5. The Morgan fingerprint density at radius 2 is 0.597 bits per heavy atom. The standard InChI is InChI=1S/C60H48N2/c1-57(2)45-31-43-47(29-41(45)51-37-25-17-15-23-35(37)39(27-49(51)57)33-19-11-9-12-20-33)59(5,6)55-53(43)61-56-54(62-55)44-32-46-42(30-48(44)60(56,7)8)52-38-26-18-16-24-36(38)40(28-50(52)58(46,3)4)34-21-13-10-14-22-34/h9-32H,1-8H3. The maximum Gasteiger partial charge on any atom is 0.0933 e. The Morgan fingerprint density at radius 1 is 0.290 bits per heavy atom. The molecular weight excluding hydrogens is 749 g/mol. The number of nitrogens with zero attached hydrogens (tertiary/aromatic N) is 2. The first kappa shape index (κ1) is 36.1. The van der Waals surface area contributed by atoms with Crippen LogP contribution in [0.2, 0.25) is 0 Å². The van der Waals surface area contributed by atoms with E-state index in [-0.39, 0.29) is 21.7 Å². The molecule has 8 aromatic carbocycles. The van der Waals surface area contributed by atoms with E-state index in [0.717, 1.165) is 22.8 Å². The number of hydrogen-bond acceptors (Lipinski definition) is 2. The number of aromatic nitrogens is 2. The van der Waals surface area contributed by atoms with Crippen molar-refractivity contribution >= 4 is 21.5 Å². The Kier molecular flexibility index (Phi) is 6.76. The van der Waals surface area contributed by atoms with Crippen molar-refractivity contribution in [3.63, 3.8) is 0 Å². The number of benzene rings is 8. The zero-order chi connectivity index (χ0) is 42.2. The molecule has 0 fully saturated rings. The lowest BCUT2D eigenvalue weighted by Gasteiger charge is -2.24. The second-order valence-electron chi connectivity index (χ2n) is 20.5. The fraction of sp³-hybridized carbons (Fsp3) is 0.200. The number of rotatable bonds is 2. The lowest BCUT2D eigenvalue weighted by Crippen LogP contribution is -2.20. The Balaban J connectivity index is 0.984. The summed E-state index contributed by atoms with van der Waals surface area (Å²) in [5.74, 6) is 0. The first-order chi connectivity index (χ1) is 29.8. The monoisotopic (exact) mass is 796 g/mol. The molecule has 0 unspecified atom stereocenters. The third-order valence-electron chi connectivity index (χ3n) is 15.7. The van der Waals surface area contributed by atoms with E-state index in [1.165, 1.54) is 111 Å². The molecule has 2 nitrogen and oxygen atoms in total. The van der Waals surface area contributed by atoms with Crippen molar-refractivity contribution in [2.75, 3.05) is 0 Å². The minimum Gasteiger partial charge on any atom is -0.248 e. The Labute approximate surface area is 364 Å². The van der Waals surface area contributed by atoms with E-state index < -0.39 is 0 Å². The summed E-state index contributed by atoms with van der Waals surface area (Å²) in [4.78, 5) is 11.6. The number of hydrogen-bond donors (Lipinski definition) is 0. The topological polar surface area (TPSA) is 25.8 Å². The van der Waals surface area contributed by atoms with Gasteiger partial charge in [0, 0.05) is 32.8 Å². The molecule has 4 aliphatic rings. The van der Waals surface area contributed by atoms with Crippen LogP contribution in [-0.2, 0) is 21.7 Å². The van der Waals surface area contributed by atoms with Crippen LogP contribution in [0.4, 0.5) is 0 Å². The molecule has 298 valence electrons. The maximum atomic E-state index is 5.78. The first-order valence-corrected chi connectivity index (χ1v) is 22.3. The molecule has 13 rings (SSSR count). The average molecular weight is 797 g/mol. The van der Waals surface area contributed by atoms with Gasteiger partial charge in [-0.05, 0) is 136 Å². The highest BCUT2D eigenvalue weighted by atomic mass is 14.9. The average Bonchev–Trinajstić information content (AvgIpc) is 3.83. The summed E-state index contributed by atoms with van der Waals surface area (Å²) >= 11 is 0. The van der Waals surface area contributed by atoms with Crippen LogP contribution in [0.15, 0.2) is 146 Å². The first-order valence-electron chi connectivity index (χ1n) is 22.3. The normalized spacial score (nSPS) is 16.9. The summed E-state index contributed by atoms with van der Waals surface area (Å²) < 4.78 is 0. The number of fused-ring (bicyclic) bond motifs is 16. The van der Waals surface area contributed by atoms with Gasteiger partial charge in [-0.15, -0.1) is 0 Å². The molecule has 0 radical (unpaired) electrons. The molecule has 2 heteroatoms. The molecule has 1 aromatic heterocycles. The van der Waals surface area contributed by atoms with Crippen molar-refractivity contribution < 1.29 is 0 Å². The zero-order valence-electron chi connectivity index (χ0n) is 36.8. The lowest BCUT2D eigenvalue weighted by atomic mass is 9.79. The van der Waals surface area contributed by atoms with Crippen molar-refractivity contribution in [2.24, 2.45) is 0 Å². The Bertz CT molecular complexity index is 3260. The van der Waals surface area contributed by atoms with Gasteiger partial charge >= 0.3 is 0 Å². The Morgan fingerprint density at radius 3 is 0.984 bits per heavy atom. The van der Waals surface area contributed by atoms with Crippen LogP contribution in [-0.4, -0.2) is 9.97 Å². The molecule has 0 saturated carbocycles. The van der Waals surface area contributed by atoms with E-state index in [9.17, 15) is 0 Å². The molecule has 9 aromatic rings. The highest BCUT2D eigenvalue weighted by Crippen LogP contribution is 2.61. The molecule has 0 bridgehead atoms. The molecule has 0 saturated heterocycles. The smallest absolute Gasteiger partial charge is 0.0933 e. The minimum atomic E-state index is -0.333. The van der Waals surface area contributed by atoms with Crippen molar-refractivity contribution in [1.82, 2.24) is 9.97 Å². The van der Waals surface area contributed by atoms with E-state index >= 15 is 0 Å². The van der Waals surface area contributed by atoms with Crippen molar-refractivity contribution in [3.05, 3.63) is 190 Å². The molecule has 4 aliphatic carbocycles. The van der Waals surface area contributed by atoms with Gasteiger partial charge in [-0.1, -0.05) is 165 Å². The van der Waals surface area contributed by atoms with Crippen LogP contribution in [0.3, 0.4) is 0 Å². The molecule has 0 amide bonds. The van der Waals surface area contributed by atoms with Crippen molar-refractivity contribution in [3.8, 4) is 67.0 Å². The third-order valence-corrected chi connectivity index (χ3v) is 15.7. The van der Waals surface area contributed by atoms with E-state index in [4.69, 9.17) is 9.97 Å². The highest BCUT2D eigenvalue weighted by molar-refractivity contribution is 6.11. The van der Waals surface area contributed by atoms with E-state index in [2.05, 4.69) is 201 Å². The van der Waals surface area contributed by atoms with Crippen LogP contribution in [0.25, 0.3) is 88.6 Å². The molecule has 62 heavy (non-hydrogen) atoms. The fourth-order valence-corrected chi connectivity index (χ4v) is 12.3. The largest absolute Gasteiger partial charge is 0.248 e. The van der Waals surface area contributed by atoms with Crippen LogP contribution >= 0.6 is 0 Å². The van der Waals surface area contributed by atoms with Gasteiger partial charge in [-0.2, -0.15) is 0 Å². The summed E-state index contributed by atoms with van der Waals surface area (Å²) in [6, 6.07) is 54.7. The quantitative estimate of drug-likeness (QED) is 0.174. The van der Waals surface area contributed by atoms with Crippen molar-refractivity contribution in [1.29, 1.82) is 0 Å². The predicted molar refractivity (Wildman–Crippen MR) is 258 cm³/mol. The molecular formula is C60H48N2. The summed E-state index contributed by atoms with van der Waals surface area (Å²) in [7, 11) is 0. The van der Waals surface area contributed by atoms with Gasteiger partial charge in [-0.3, -0.25) is 0 Å². The predicted octanol–water partition coefficient (Wildman–Crippen LogP) is 15.3. The van der Waals surface area contributed by atoms with Gasteiger partial charge in [0.2, 0.25) is 0 Å². The van der Waals surface area contributed by atoms with Crippen molar-refractivity contribution in [2.45, 2.75) is 77.0 Å². The van der Waals surface area contributed by atoms with E-state index in [1.807, 2.05) is 0 Å². The zero-order valence-corrected chi connectivity index (χ0v) is 36.8. The summed E-state index contributed by atoms with van der Waals surface area (Å²) in [6.07, 6.45) is 0. The molecule has 1 heterocycles. The lowest BCUT2D eigenvalue weighted by molar-refractivity contribution is 0.616. The van der Waals surface area contributed by atoms with Crippen LogP contribution in [0, 0.1) is 0 Å². The molecule has 0 aliphatic heterocycles. The van der Waals surface area contributed by atoms with Gasteiger partial charge in [0.1, 0.15) is 0 Å². The SMILES string of the molecule is CC1(C)c2cc3c(cc2-c2c1cc(-c1ccccc1)c1ccccc21)C(C)(C)c1nc2c(nc1-3)C(C)(C)c1cc3c(cc1-2)C(C)(C)c1cc(-c2ccccc2)c2ccccc2c1-3. The van der Waals surface area contributed by atoms with Gasteiger partial charge < -0.3 is 0 Å². The summed E-state index contributed by atoms with van der Waals surface area (Å²) in [5.41, 5.74) is 24.4. The molecule has 0 spiro atoms. The second kappa shape index (κ2) is 11.6. The summed E-state index contributed by atoms with van der Waals surface area (Å²) in [5, 5.41) is 5.23. The van der Waals surface area contributed by atoms with E-state index in [0.29, 0.717) is 0 Å². The molecule has 0 atom stereocenters. The van der Waals surface area contributed by atoms with Gasteiger partial charge in [0.25, 0.3) is 0 Å². The van der Waals surface area contributed by atoms with Crippen LogP contribution in [0.1, 0.15) is 100 Å². The maximum absolute atomic E-state index is 5.78. The van der Waals surface area contributed by atoms with E-state index in [1.54, 1.807) is 0 Å². The fourth-order valence-electron chi connectivity index (χ4n) is 12.3. The summed E-state index contributed by atoms with van der Waals surface area (Å²) in [6.45, 7) is 19.1. The van der Waals surface area contributed by atoms with Gasteiger partial charge in [0.05, 0.1) is 22.8 Å². The molecule has 0 N–H and O–H groups in total. The van der Waals surface area contributed by atoms with Gasteiger partial charge in [0.15, 0.2) is 0 Å². The minimum absolute atomic E-state index is 0.199. The Hall–Kier alpha value is -6.64. The van der Waals surface area contributed by atoms with Gasteiger partial charge in [-0.25, -0.2) is 9.97 Å².